The van der Waals surface area contributed by atoms with Gasteiger partial charge in [-0.2, -0.15) is 0 Å². The summed E-state index contributed by atoms with van der Waals surface area (Å²) in [6.45, 7) is 2.87. The fourth-order valence-electron chi connectivity index (χ4n) is 1.82. The van der Waals surface area contributed by atoms with Gasteiger partial charge in [-0.25, -0.2) is 0 Å². The molecule has 0 aliphatic heterocycles. The average molecular weight is 266 g/mol. The van der Waals surface area contributed by atoms with Gasteiger partial charge in [-0.3, -0.25) is 9.59 Å². The molecule has 0 heterocycles. The van der Waals surface area contributed by atoms with E-state index in [-0.39, 0.29) is 18.1 Å². The Hall–Kier alpha value is -2.24. The van der Waals surface area contributed by atoms with E-state index in [2.05, 4.69) is 5.32 Å². The minimum Gasteiger partial charge on any atom is -0.504 e. The Morgan fingerprint density at radius 2 is 2.11 bits per heavy atom. The van der Waals surface area contributed by atoms with Gasteiger partial charge in [0.05, 0.1) is 7.11 Å². The van der Waals surface area contributed by atoms with Crippen molar-refractivity contribution in [1.82, 2.24) is 5.32 Å². The molecule has 0 aromatic heterocycles. The number of hydrogen-bond acceptors (Lipinski definition) is 4. The molecule has 0 fully saturated rings. The molecule has 1 rings (SSSR count). The fraction of sp³-hybridized carbons (Fsp3) is 0.385. The van der Waals surface area contributed by atoms with Crippen LogP contribution >= 0.6 is 0 Å². The number of nitrogens with one attached hydrogen (secondary N) is 1. The number of hydrogen-bond donors (Lipinski definition) is 3. The van der Waals surface area contributed by atoms with Crippen molar-refractivity contribution in [3.05, 3.63) is 23.8 Å². The number of primary amides is 1. The third-order valence-electron chi connectivity index (χ3n) is 2.80. The molecule has 0 radical (unpaired) electrons. The van der Waals surface area contributed by atoms with Gasteiger partial charge >= 0.3 is 0 Å². The molecule has 1 atom stereocenters. The van der Waals surface area contributed by atoms with Crippen molar-refractivity contribution < 1.29 is 19.4 Å². The van der Waals surface area contributed by atoms with Crippen LogP contribution in [0.3, 0.4) is 0 Å². The van der Waals surface area contributed by atoms with E-state index in [4.69, 9.17) is 10.5 Å². The van der Waals surface area contributed by atoms with Gasteiger partial charge in [0.2, 0.25) is 11.8 Å². The van der Waals surface area contributed by atoms with Gasteiger partial charge in [0.15, 0.2) is 11.5 Å². The maximum absolute atomic E-state index is 11.5. The number of aromatic hydroxyl groups is 1. The van der Waals surface area contributed by atoms with Gasteiger partial charge in [-0.15, -0.1) is 0 Å². The molecule has 104 valence electrons. The van der Waals surface area contributed by atoms with Crippen LogP contribution in [0.5, 0.6) is 11.5 Å². The second-order valence-electron chi connectivity index (χ2n) is 4.56. The van der Waals surface area contributed by atoms with Crippen molar-refractivity contribution in [1.29, 1.82) is 0 Å². The zero-order valence-electron chi connectivity index (χ0n) is 11.2. The van der Waals surface area contributed by atoms with Crippen LogP contribution in [0.1, 0.15) is 19.4 Å². The van der Waals surface area contributed by atoms with E-state index in [9.17, 15) is 14.7 Å². The number of rotatable bonds is 5. The topological polar surface area (TPSA) is 102 Å². The quantitative estimate of drug-likeness (QED) is 0.714. The molecule has 6 nitrogen and oxygen atoms in total. The number of nitrogens with two attached hydrogens (primary N) is 1. The Morgan fingerprint density at radius 3 is 2.58 bits per heavy atom. The summed E-state index contributed by atoms with van der Waals surface area (Å²) < 4.78 is 4.99. The Labute approximate surface area is 111 Å². The Bertz CT molecular complexity index is 501. The summed E-state index contributed by atoms with van der Waals surface area (Å²) in [6.07, 6.45) is 0.207. The lowest BCUT2D eigenvalue weighted by Gasteiger charge is -2.27. The molecule has 0 bridgehead atoms. The minimum absolute atomic E-state index is 0.00607. The number of carbonyl (C=O) groups excluding carboxylic acids is 2. The van der Waals surface area contributed by atoms with Crippen molar-refractivity contribution in [3.63, 3.8) is 0 Å². The van der Waals surface area contributed by atoms with Gasteiger partial charge in [0, 0.05) is 13.3 Å². The van der Waals surface area contributed by atoms with E-state index < -0.39 is 11.4 Å². The third kappa shape index (κ3) is 3.61. The number of phenols is 1. The molecule has 19 heavy (non-hydrogen) atoms. The Morgan fingerprint density at radius 1 is 1.47 bits per heavy atom. The SMILES string of the molecule is COc1cc(C[C@@](C)(NC(C)=O)C(N)=O)ccc1O. The van der Waals surface area contributed by atoms with Crippen LogP contribution in [-0.4, -0.2) is 29.6 Å². The van der Waals surface area contributed by atoms with Gasteiger partial charge in [0.1, 0.15) is 5.54 Å². The largest absolute Gasteiger partial charge is 0.504 e. The highest BCUT2D eigenvalue weighted by molar-refractivity contribution is 5.89. The first-order valence-electron chi connectivity index (χ1n) is 5.73. The van der Waals surface area contributed by atoms with Crippen LogP contribution in [0.25, 0.3) is 0 Å². The molecular formula is C13H18N2O4. The number of phenolic OH excluding ortho intramolecular Hbond substituents is 1. The van der Waals surface area contributed by atoms with Gasteiger partial charge in [0.25, 0.3) is 0 Å². The lowest BCUT2D eigenvalue weighted by atomic mass is 9.91. The minimum atomic E-state index is -1.19. The number of carbonyl (C=O) groups is 2. The van der Waals surface area contributed by atoms with Crippen LogP contribution in [0.4, 0.5) is 0 Å². The van der Waals surface area contributed by atoms with Crippen molar-refractivity contribution in [2.75, 3.05) is 7.11 Å². The fourth-order valence-corrected chi connectivity index (χ4v) is 1.82. The second kappa shape index (κ2) is 5.60. The molecule has 0 unspecified atom stereocenters. The Kier molecular flexibility index (Phi) is 4.37. The standard InChI is InChI=1S/C13H18N2O4/c1-8(16)15-13(2,12(14)18)7-9-4-5-10(17)11(6-9)19-3/h4-6,17H,7H2,1-3H3,(H2,14,18)(H,15,16)/t13-/m1/s1. The number of methoxy groups -OCH3 is 1. The number of amides is 2. The summed E-state index contributed by atoms with van der Waals surface area (Å²) in [5.41, 5.74) is 4.86. The predicted octanol–water partition coefficient (Wildman–Crippen LogP) is 0.323. The highest BCUT2D eigenvalue weighted by Gasteiger charge is 2.32. The highest BCUT2D eigenvalue weighted by Crippen LogP contribution is 2.27. The molecule has 0 saturated carbocycles. The van der Waals surface area contributed by atoms with Crippen LogP contribution in [-0.2, 0) is 16.0 Å². The molecular weight excluding hydrogens is 248 g/mol. The first kappa shape index (κ1) is 14.8. The summed E-state index contributed by atoms with van der Waals surface area (Å²) in [7, 11) is 1.43. The summed E-state index contributed by atoms with van der Waals surface area (Å²) in [5, 5.41) is 12.0. The molecule has 0 saturated heterocycles. The van der Waals surface area contributed by atoms with Crippen molar-refractivity contribution >= 4 is 11.8 Å². The summed E-state index contributed by atoms with van der Waals surface area (Å²) in [6, 6.07) is 4.70. The zero-order chi connectivity index (χ0) is 14.6. The van der Waals surface area contributed by atoms with Gasteiger partial charge in [-0.05, 0) is 24.6 Å². The van der Waals surface area contributed by atoms with E-state index in [0.29, 0.717) is 11.3 Å². The number of ether oxygens (including phenoxy) is 1. The molecule has 0 spiro atoms. The first-order valence-corrected chi connectivity index (χ1v) is 5.73. The van der Waals surface area contributed by atoms with Crippen LogP contribution in [0, 0.1) is 0 Å². The molecule has 1 aromatic carbocycles. The summed E-state index contributed by atoms with van der Waals surface area (Å²) in [4.78, 5) is 22.7. The highest BCUT2D eigenvalue weighted by atomic mass is 16.5. The maximum Gasteiger partial charge on any atom is 0.243 e. The lowest BCUT2D eigenvalue weighted by molar-refractivity contribution is -0.130. The third-order valence-corrected chi connectivity index (χ3v) is 2.80. The maximum atomic E-state index is 11.5. The predicted molar refractivity (Wildman–Crippen MR) is 69.8 cm³/mol. The van der Waals surface area contributed by atoms with Crippen LogP contribution in [0.2, 0.25) is 0 Å². The molecule has 0 aliphatic rings. The first-order chi connectivity index (χ1) is 8.78. The van der Waals surface area contributed by atoms with E-state index in [1.165, 1.54) is 20.1 Å². The van der Waals surface area contributed by atoms with Crippen molar-refractivity contribution in [2.24, 2.45) is 5.73 Å². The van der Waals surface area contributed by atoms with Crippen molar-refractivity contribution in [3.8, 4) is 11.5 Å². The zero-order valence-corrected chi connectivity index (χ0v) is 11.2. The van der Waals surface area contributed by atoms with E-state index in [1.807, 2.05) is 0 Å². The van der Waals surface area contributed by atoms with E-state index in [1.54, 1.807) is 19.1 Å². The summed E-state index contributed by atoms with van der Waals surface area (Å²) in [5.74, 6) is -0.666. The average Bonchev–Trinajstić information content (AvgIpc) is 2.30. The van der Waals surface area contributed by atoms with Crippen LogP contribution in [0.15, 0.2) is 18.2 Å². The van der Waals surface area contributed by atoms with Gasteiger partial charge in [-0.1, -0.05) is 6.07 Å². The molecule has 6 heteroatoms. The number of benzene rings is 1. The monoisotopic (exact) mass is 266 g/mol. The smallest absolute Gasteiger partial charge is 0.243 e. The lowest BCUT2D eigenvalue weighted by Crippen LogP contribution is -2.56. The Balaban J connectivity index is 3.03. The molecule has 0 aliphatic carbocycles. The van der Waals surface area contributed by atoms with Crippen molar-refractivity contribution in [2.45, 2.75) is 25.8 Å². The second-order valence-corrected chi connectivity index (χ2v) is 4.56. The van der Waals surface area contributed by atoms with Gasteiger partial charge < -0.3 is 20.9 Å². The van der Waals surface area contributed by atoms with Crippen LogP contribution < -0.4 is 15.8 Å². The molecule has 4 N–H and O–H groups in total. The van der Waals surface area contributed by atoms with E-state index in [0.717, 1.165) is 0 Å². The van der Waals surface area contributed by atoms with E-state index >= 15 is 0 Å². The molecule has 2 amide bonds. The molecule has 1 aromatic rings. The normalized spacial score (nSPS) is 13.4. The summed E-state index contributed by atoms with van der Waals surface area (Å²) >= 11 is 0.